The number of amides is 1. The number of thiazole rings is 1. The van der Waals surface area contributed by atoms with Gasteiger partial charge in [-0.1, -0.05) is 18.2 Å². The third kappa shape index (κ3) is 6.41. The minimum Gasteiger partial charge on any atom is -0.463 e. The van der Waals surface area contributed by atoms with E-state index in [-0.39, 0.29) is 21.5 Å². The van der Waals surface area contributed by atoms with Crippen LogP contribution in [0.1, 0.15) is 18.1 Å². The molecule has 0 aliphatic rings. The van der Waals surface area contributed by atoms with Crippen molar-refractivity contribution in [3.63, 3.8) is 0 Å². The van der Waals surface area contributed by atoms with Gasteiger partial charge < -0.3 is 10.1 Å². The minimum atomic E-state index is -4.50. The van der Waals surface area contributed by atoms with Crippen molar-refractivity contribution in [1.29, 1.82) is 0 Å². The fourth-order valence-electron chi connectivity index (χ4n) is 2.91. The number of rotatable bonds is 6. The molecule has 1 aromatic heterocycles. The van der Waals surface area contributed by atoms with E-state index in [1.807, 2.05) is 0 Å². The van der Waals surface area contributed by atoms with Crippen LogP contribution in [0.15, 0.2) is 53.3 Å². The average molecular weight is 494 g/mol. The molecule has 3 aromatic rings. The normalized spacial score (nSPS) is 12.6. The van der Waals surface area contributed by atoms with Gasteiger partial charge in [0.15, 0.2) is 0 Å². The highest BCUT2D eigenvalue weighted by Crippen LogP contribution is 2.29. The molecule has 34 heavy (non-hydrogen) atoms. The predicted octanol–water partition coefficient (Wildman–Crippen LogP) is 2.88. The number of carbonyl (C=O) groups is 2. The number of nitrogens with zero attached hydrogens (tertiary/aromatic N) is 1. The van der Waals surface area contributed by atoms with E-state index in [1.165, 1.54) is 36.4 Å². The molecule has 1 heterocycles. The van der Waals surface area contributed by atoms with Crippen LogP contribution < -0.4 is 20.1 Å². The highest BCUT2D eigenvalue weighted by molar-refractivity contribution is 7.07. The van der Waals surface area contributed by atoms with E-state index < -0.39 is 41.5 Å². The van der Waals surface area contributed by atoms with Gasteiger partial charge in [0.1, 0.15) is 17.0 Å². The second-order valence-electron chi connectivity index (χ2n) is 6.91. The molecular formula is C23H18F4N2O4S. The van der Waals surface area contributed by atoms with Gasteiger partial charge in [0.2, 0.25) is 5.91 Å². The summed E-state index contributed by atoms with van der Waals surface area (Å²) in [6.45, 7) is 1.21. The number of nitrogens with one attached hydrogen (secondary N) is 1. The minimum absolute atomic E-state index is 0.0915. The van der Waals surface area contributed by atoms with Crippen molar-refractivity contribution in [1.82, 2.24) is 4.57 Å². The monoisotopic (exact) mass is 494 g/mol. The number of carbonyl (C=O) groups excluding carboxylic acids is 2. The molecule has 0 aliphatic heterocycles. The summed E-state index contributed by atoms with van der Waals surface area (Å²) in [7, 11) is 0. The molecular weight excluding hydrogens is 476 g/mol. The van der Waals surface area contributed by atoms with Crippen molar-refractivity contribution in [3.8, 4) is 0 Å². The quantitative estimate of drug-likeness (QED) is 0.423. The van der Waals surface area contributed by atoms with Crippen LogP contribution in [0.2, 0.25) is 0 Å². The van der Waals surface area contributed by atoms with Crippen LogP contribution in [-0.4, -0.2) is 23.1 Å². The Morgan fingerprint density at radius 2 is 1.85 bits per heavy atom. The molecule has 1 amide bonds. The second-order valence-corrected chi connectivity index (χ2v) is 7.98. The molecule has 3 rings (SSSR count). The van der Waals surface area contributed by atoms with Crippen molar-refractivity contribution < 1.29 is 31.9 Å². The molecule has 0 atom stereocenters. The van der Waals surface area contributed by atoms with Gasteiger partial charge in [-0.3, -0.25) is 14.2 Å². The molecule has 178 valence electrons. The summed E-state index contributed by atoms with van der Waals surface area (Å²) in [5.41, 5.74) is -0.959. The zero-order chi connectivity index (χ0) is 24.9. The summed E-state index contributed by atoms with van der Waals surface area (Å²) in [6, 6.07) is 9.35. The number of anilines is 1. The van der Waals surface area contributed by atoms with Crippen LogP contribution in [-0.2, 0) is 27.0 Å². The van der Waals surface area contributed by atoms with E-state index in [4.69, 9.17) is 4.74 Å². The van der Waals surface area contributed by atoms with Crippen LogP contribution in [0.5, 0.6) is 0 Å². The Balaban J connectivity index is 1.99. The molecule has 0 fully saturated rings. The highest BCUT2D eigenvalue weighted by Gasteiger charge is 2.29. The summed E-state index contributed by atoms with van der Waals surface area (Å²) in [6.07, 6.45) is -2.09. The average Bonchev–Trinajstić information content (AvgIpc) is 3.02. The van der Waals surface area contributed by atoms with E-state index in [0.29, 0.717) is 5.56 Å². The van der Waals surface area contributed by atoms with E-state index >= 15 is 0 Å². The number of benzene rings is 2. The van der Waals surface area contributed by atoms with Gasteiger partial charge in [0.25, 0.3) is 5.56 Å². The SMILES string of the molecule is CCOC(=O)/C=c1\s/c(=C\c2ccc(C(F)(F)F)cc2)c(=O)n1CC(=O)Nc1cccc(F)c1. The molecule has 0 aliphatic carbocycles. The molecule has 0 spiro atoms. The molecule has 0 saturated heterocycles. The van der Waals surface area contributed by atoms with Gasteiger partial charge in [-0.15, -0.1) is 11.3 Å². The van der Waals surface area contributed by atoms with Crippen molar-refractivity contribution in [2.45, 2.75) is 19.6 Å². The number of alkyl halides is 3. The smallest absolute Gasteiger partial charge is 0.416 e. The summed E-state index contributed by atoms with van der Waals surface area (Å²) < 4.78 is 57.8. The van der Waals surface area contributed by atoms with Crippen LogP contribution in [0.3, 0.4) is 0 Å². The molecule has 2 aromatic carbocycles. The Labute approximate surface area is 194 Å². The lowest BCUT2D eigenvalue weighted by molar-refractivity contribution is -0.137. The van der Waals surface area contributed by atoms with Crippen LogP contribution in [0.25, 0.3) is 12.2 Å². The Morgan fingerprint density at radius 3 is 2.47 bits per heavy atom. The topological polar surface area (TPSA) is 77.4 Å². The van der Waals surface area contributed by atoms with Crippen LogP contribution >= 0.6 is 11.3 Å². The first kappa shape index (κ1) is 24.9. The predicted molar refractivity (Wildman–Crippen MR) is 119 cm³/mol. The number of halogens is 4. The Bertz CT molecular complexity index is 1380. The summed E-state index contributed by atoms with van der Waals surface area (Å²) in [4.78, 5) is 37.4. The standard InChI is InChI=1S/C23H18F4N2O4S/c1-2-33-21(31)12-20-29(13-19(30)28-17-5-3-4-16(24)11-17)22(32)18(34-20)10-14-6-8-15(9-7-14)23(25,26)27/h3-12H,2,13H2,1H3,(H,28,30)/b18-10-,20-12-. The second kappa shape index (κ2) is 10.5. The van der Waals surface area contributed by atoms with E-state index in [1.54, 1.807) is 6.92 Å². The maximum absolute atomic E-state index is 13.4. The van der Waals surface area contributed by atoms with Gasteiger partial charge in [0.05, 0.1) is 22.8 Å². The zero-order valence-electron chi connectivity index (χ0n) is 17.7. The van der Waals surface area contributed by atoms with Crippen LogP contribution in [0, 0.1) is 5.82 Å². The molecule has 0 unspecified atom stereocenters. The van der Waals surface area contributed by atoms with Crippen LogP contribution in [0.4, 0.5) is 23.2 Å². The molecule has 0 radical (unpaired) electrons. The largest absolute Gasteiger partial charge is 0.463 e. The third-order valence-electron chi connectivity index (χ3n) is 4.41. The van der Waals surface area contributed by atoms with Gasteiger partial charge in [-0.2, -0.15) is 13.2 Å². The summed E-state index contributed by atoms with van der Waals surface area (Å²) >= 11 is 0.872. The van der Waals surface area contributed by atoms with Gasteiger partial charge >= 0.3 is 12.1 Å². The van der Waals surface area contributed by atoms with Crippen molar-refractivity contribution >= 4 is 41.1 Å². The fourth-order valence-corrected chi connectivity index (χ4v) is 3.94. The van der Waals surface area contributed by atoms with E-state index in [9.17, 15) is 31.9 Å². The van der Waals surface area contributed by atoms with Gasteiger partial charge in [-0.25, -0.2) is 9.18 Å². The summed E-state index contributed by atoms with van der Waals surface area (Å²) in [5, 5.41) is 2.46. The molecule has 6 nitrogen and oxygen atoms in total. The first-order chi connectivity index (χ1) is 16.1. The number of aromatic nitrogens is 1. The third-order valence-corrected chi connectivity index (χ3v) is 5.47. The number of ether oxygens (including phenoxy) is 1. The van der Waals surface area contributed by atoms with E-state index in [2.05, 4.69) is 5.32 Å². The van der Waals surface area contributed by atoms with Crippen molar-refractivity contribution in [3.05, 3.63) is 85.0 Å². The first-order valence-electron chi connectivity index (χ1n) is 9.89. The Morgan fingerprint density at radius 1 is 1.15 bits per heavy atom. The molecule has 0 bridgehead atoms. The maximum atomic E-state index is 13.4. The number of hydrogen-bond donors (Lipinski definition) is 1. The summed E-state index contributed by atoms with van der Waals surface area (Å²) in [5.74, 6) is -1.94. The molecule has 0 saturated carbocycles. The first-order valence-corrected chi connectivity index (χ1v) is 10.7. The van der Waals surface area contributed by atoms with E-state index in [0.717, 1.165) is 40.2 Å². The fraction of sp³-hybridized carbons (Fsp3) is 0.174. The zero-order valence-corrected chi connectivity index (χ0v) is 18.5. The lowest BCUT2D eigenvalue weighted by Crippen LogP contribution is -2.36. The Hall–Kier alpha value is -3.73. The molecule has 11 heteroatoms. The number of hydrogen-bond acceptors (Lipinski definition) is 5. The van der Waals surface area contributed by atoms with Gasteiger partial charge in [-0.05, 0) is 48.9 Å². The van der Waals surface area contributed by atoms with Gasteiger partial charge in [0, 0.05) is 5.69 Å². The highest BCUT2D eigenvalue weighted by atomic mass is 32.1. The van der Waals surface area contributed by atoms with Crippen molar-refractivity contribution in [2.75, 3.05) is 11.9 Å². The maximum Gasteiger partial charge on any atom is 0.416 e. The lowest BCUT2D eigenvalue weighted by atomic mass is 10.1. The van der Waals surface area contributed by atoms with Crippen molar-refractivity contribution in [2.24, 2.45) is 0 Å². The lowest BCUT2D eigenvalue weighted by Gasteiger charge is -2.06. The molecule has 1 N–H and O–H groups in total. The number of esters is 1. The Kier molecular flexibility index (Phi) is 7.67.